The first kappa shape index (κ1) is 11.8. The van der Waals surface area contributed by atoms with Crippen LogP contribution in [0.5, 0.6) is 0 Å². The van der Waals surface area contributed by atoms with Crippen LogP contribution < -0.4 is 0 Å². The Morgan fingerprint density at radius 1 is 1.41 bits per heavy atom. The second-order valence-corrected chi connectivity index (χ2v) is 4.06. The van der Waals surface area contributed by atoms with E-state index in [-0.39, 0.29) is 12.4 Å². The fourth-order valence-electron chi connectivity index (χ4n) is 1.53. The molecule has 0 atom stereocenters. The predicted octanol–water partition coefficient (Wildman–Crippen LogP) is 1.80. The molecule has 0 amide bonds. The number of carbonyl (C=O) groups excluding carboxylic acids is 1. The second kappa shape index (κ2) is 4.69. The Morgan fingerprint density at radius 3 is 2.59 bits per heavy atom. The summed E-state index contributed by atoms with van der Waals surface area (Å²) in [5.41, 5.74) is 1.12. The van der Waals surface area contributed by atoms with E-state index in [2.05, 4.69) is 4.98 Å². The van der Waals surface area contributed by atoms with E-state index in [9.17, 15) is 4.79 Å². The van der Waals surface area contributed by atoms with Crippen LogP contribution in [-0.2, 0) is 13.7 Å². The lowest BCUT2D eigenvalue weighted by Gasteiger charge is -2.03. The van der Waals surface area contributed by atoms with Gasteiger partial charge in [-0.05, 0) is 24.3 Å². The van der Waals surface area contributed by atoms with E-state index in [0.29, 0.717) is 22.1 Å². The molecular formula is C12H11ClN2O2. The van der Waals surface area contributed by atoms with Crippen LogP contribution in [0.2, 0.25) is 5.02 Å². The number of aromatic nitrogens is 2. The molecule has 1 aromatic carbocycles. The molecule has 0 aliphatic heterocycles. The van der Waals surface area contributed by atoms with Crippen LogP contribution in [0, 0.1) is 0 Å². The molecule has 0 saturated heterocycles. The molecular weight excluding hydrogens is 240 g/mol. The molecule has 1 aromatic heterocycles. The minimum absolute atomic E-state index is 0.141. The summed E-state index contributed by atoms with van der Waals surface area (Å²) in [6.45, 7) is -0.141. The van der Waals surface area contributed by atoms with Crippen molar-refractivity contribution in [1.29, 1.82) is 0 Å². The van der Waals surface area contributed by atoms with E-state index in [1.165, 1.54) is 6.20 Å². The highest BCUT2D eigenvalue weighted by atomic mass is 35.5. The number of hydrogen-bond donors (Lipinski definition) is 1. The number of nitrogens with zero attached hydrogens (tertiary/aromatic N) is 2. The van der Waals surface area contributed by atoms with Gasteiger partial charge in [0, 0.05) is 17.6 Å². The Bertz CT molecular complexity index is 546. The number of rotatable bonds is 3. The number of aliphatic hydroxyl groups excluding tert-OH is 1. The quantitative estimate of drug-likeness (QED) is 0.845. The molecule has 0 bridgehead atoms. The first-order valence-corrected chi connectivity index (χ1v) is 5.43. The van der Waals surface area contributed by atoms with Gasteiger partial charge in [-0.2, -0.15) is 0 Å². The predicted molar refractivity (Wildman–Crippen MR) is 64.0 cm³/mol. The highest BCUT2D eigenvalue weighted by Gasteiger charge is 2.15. The maximum Gasteiger partial charge on any atom is 0.228 e. The Morgan fingerprint density at radius 2 is 2.06 bits per heavy atom. The normalized spacial score (nSPS) is 10.5. The molecule has 0 radical (unpaired) electrons. The lowest BCUT2D eigenvalue weighted by molar-refractivity contribution is 0.102. The summed E-state index contributed by atoms with van der Waals surface area (Å²) in [5, 5.41) is 9.61. The van der Waals surface area contributed by atoms with E-state index in [1.54, 1.807) is 35.9 Å². The van der Waals surface area contributed by atoms with Crippen molar-refractivity contribution in [2.24, 2.45) is 7.05 Å². The molecule has 2 rings (SSSR count). The maximum atomic E-state index is 12.1. The zero-order valence-corrected chi connectivity index (χ0v) is 9.98. The van der Waals surface area contributed by atoms with Gasteiger partial charge in [-0.3, -0.25) is 4.79 Å². The van der Waals surface area contributed by atoms with Crippen molar-refractivity contribution in [3.63, 3.8) is 0 Å². The van der Waals surface area contributed by atoms with Gasteiger partial charge < -0.3 is 9.67 Å². The number of aliphatic hydroxyl groups is 1. The molecule has 5 heteroatoms. The SMILES string of the molecule is Cn1c(CO)cnc1C(=O)c1ccc(Cl)cc1. The standard InChI is InChI=1S/C12H11ClN2O2/c1-15-10(7-16)6-14-12(15)11(17)8-2-4-9(13)5-3-8/h2-6,16H,7H2,1H3. The van der Waals surface area contributed by atoms with Gasteiger partial charge >= 0.3 is 0 Å². The third-order valence-electron chi connectivity index (χ3n) is 2.56. The summed E-state index contributed by atoms with van der Waals surface area (Å²) in [6.07, 6.45) is 1.49. The Balaban J connectivity index is 2.37. The van der Waals surface area contributed by atoms with Crippen molar-refractivity contribution in [2.45, 2.75) is 6.61 Å². The summed E-state index contributed by atoms with van der Waals surface area (Å²) >= 11 is 5.76. The van der Waals surface area contributed by atoms with Crippen molar-refractivity contribution in [3.8, 4) is 0 Å². The van der Waals surface area contributed by atoms with Gasteiger partial charge in [0.15, 0.2) is 5.82 Å². The van der Waals surface area contributed by atoms with Crippen molar-refractivity contribution in [1.82, 2.24) is 9.55 Å². The highest BCUT2D eigenvalue weighted by molar-refractivity contribution is 6.30. The fraction of sp³-hybridized carbons (Fsp3) is 0.167. The topological polar surface area (TPSA) is 55.1 Å². The van der Waals surface area contributed by atoms with Crippen LogP contribution >= 0.6 is 11.6 Å². The van der Waals surface area contributed by atoms with Gasteiger partial charge in [-0.25, -0.2) is 4.98 Å². The van der Waals surface area contributed by atoms with Gasteiger partial charge in [0.25, 0.3) is 0 Å². The average molecular weight is 251 g/mol. The van der Waals surface area contributed by atoms with Crippen LogP contribution in [0.4, 0.5) is 0 Å². The minimum Gasteiger partial charge on any atom is -0.390 e. The summed E-state index contributed by atoms with van der Waals surface area (Å²) in [6, 6.07) is 6.62. The zero-order chi connectivity index (χ0) is 12.4. The Kier molecular flexibility index (Phi) is 3.26. The lowest BCUT2D eigenvalue weighted by atomic mass is 10.1. The number of ketones is 1. The molecule has 88 valence electrons. The molecule has 2 aromatic rings. The van der Waals surface area contributed by atoms with Gasteiger partial charge in [0.2, 0.25) is 5.78 Å². The Hall–Kier alpha value is -1.65. The molecule has 17 heavy (non-hydrogen) atoms. The summed E-state index contributed by atoms with van der Waals surface area (Å²) < 4.78 is 1.58. The van der Waals surface area contributed by atoms with Gasteiger partial charge in [-0.1, -0.05) is 11.6 Å². The molecule has 0 aliphatic rings. The van der Waals surface area contributed by atoms with E-state index < -0.39 is 0 Å². The van der Waals surface area contributed by atoms with Crippen molar-refractivity contribution in [3.05, 3.63) is 52.6 Å². The number of hydrogen-bond acceptors (Lipinski definition) is 3. The number of imidazole rings is 1. The van der Waals surface area contributed by atoms with Crippen molar-refractivity contribution in [2.75, 3.05) is 0 Å². The van der Waals surface area contributed by atoms with Gasteiger partial charge in [-0.15, -0.1) is 0 Å². The van der Waals surface area contributed by atoms with Crippen LogP contribution in [0.3, 0.4) is 0 Å². The second-order valence-electron chi connectivity index (χ2n) is 3.63. The van der Waals surface area contributed by atoms with Crippen molar-refractivity contribution >= 4 is 17.4 Å². The van der Waals surface area contributed by atoms with Crippen LogP contribution in [0.15, 0.2) is 30.5 Å². The van der Waals surface area contributed by atoms with Crippen LogP contribution in [0.25, 0.3) is 0 Å². The first-order valence-electron chi connectivity index (χ1n) is 5.05. The maximum absolute atomic E-state index is 12.1. The summed E-state index contributed by atoms with van der Waals surface area (Å²) in [4.78, 5) is 16.1. The monoisotopic (exact) mass is 250 g/mol. The van der Waals surface area contributed by atoms with Crippen molar-refractivity contribution < 1.29 is 9.90 Å². The van der Waals surface area contributed by atoms with Gasteiger partial charge in [0.1, 0.15) is 0 Å². The number of halogens is 1. The smallest absolute Gasteiger partial charge is 0.228 e. The lowest BCUT2D eigenvalue weighted by Crippen LogP contribution is -2.10. The van der Waals surface area contributed by atoms with Crippen LogP contribution in [-0.4, -0.2) is 20.4 Å². The van der Waals surface area contributed by atoms with E-state index in [1.807, 2.05) is 0 Å². The third-order valence-corrected chi connectivity index (χ3v) is 2.81. The first-order chi connectivity index (χ1) is 8.13. The molecule has 0 spiro atoms. The third kappa shape index (κ3) is 2.23. The van der Waals surface area contributed by atoms with E-state index >= 15 is 0 Å². The van der Waals surface area contributed by atoms with E-state index in [0.717, 1.165) is 0 Å². The average Bonchev–Trinajstić information content (AvgIpc) is 2.70. The number of carbonyl (C=O) groups is 1. The molecule has 0 unspecified atom stereocenters. The summed E-state index contributed by atoms with van der Waals surface area (Å²) in [7, 11) is 1.70. The molecule has 0 fully saturated rings. The molecule has 1 heterocycles. The molecule has 0 aliphatic carbocycles. The minimum atomic E-state index is -0.191. The largest absolute Gasteiger partial charge is 0.390 e. The van der Waals surface area contributed by atoms with E-state index in [4.69, 9.17) is 16.7 Å². The molecule has 1 N–H and O–H groups in total. The van der Waals surface area contributed by atoms with Gasteiger partial charge in [0.05, 0.1) is 18.5 Å². The fourth-order valence-corrected chi connectivity index (χ4v) is 1.66. The summed E-state index contributed by atoms with van der Waals surface area (Å²) in [5.74, 6) is 0.111. The van der Waals surface area contributed by atoms with Crippen LogP contribution in [0.1, 0.15) is 21.9 Å². The highest BCUT2D eigenvalue weighted by Crippen LogP contribution is 2.13. The number of benzene rings is 1. The molecule has 4 nitrogen and oxygen atoms in total. The molecule has 0 saturated carbocycles. The Labute approximate surface area is 103 Å². The zero-order valence-electron chi connectivity index (χ0n) is 9.22.